The van der Waals surface area contributed by atoms with Crippen LogP contribution in [0.4, 0.5) is 5.69 Å². The van der Waals surface area contributed by atoms with Crippen molar-refractivity contribution in [2.24, 2.45) is 0 Å². The summed E-state index contributed by atoms with van der Waals surface area (Å²) in [5.41, 5.74) is 0.809. The lowest BCUT2D eigenvalue weighted by atomic mass is 10.3. The summed E-state index contributed by atoms with van der Waals surface area (Å²) in [6.45, 7) is 1.98. The summed E-state index contributed by atoms with van der Waals surface area (Å²) >= 11 is 7.61. The number of hydrogen-bond donors (Lipinski definition) is 1. The molecule has 1 saturated carbocycles. The maximum absolute atomic E-state index is 12.0. The fourth-order valence-electron chi connectivity index (χ4n) is 2.15. The Hall–Kier alpha value is -0.670. The number of carbonyl (C=O) groups excluding carboxylic acids is 1. The SMILES string of the molecule is C[C@@H](SC1CCCC1)C(=O)Nc1ccc(Cl)cc1. The van der Waals surface area contributed by atoms with Crippen LogP contribution in [-0.2, 0) is 4.79 Å². The summed E-state index contributed by atoms with van der Waals surface area (Å²) in [4.78, 5) is 12.0. The van der Waals surface area contributed by atoms with Crippen molar-refractivity contribution >= 4 is 35.0 Å². The molecule has 1 atom stereocenters. The van der Waals surface area contributed by atoms with Crippen LogP contribution in [0.15, 0.2) is 24.3 Å². The Morgan fingerprint density at radius 1 is 1.33 bits per heavy atom. The molecule has 2 nitrogen and oxygen atoms in total. The second-order valence-corrected chi connectivity index (χ2v) is 6.76. The quantitative estimate of drug-likeness (QED) is 0.890. The molecule has 0 heterocycles. The molecule has 1 aromatic rings. The van der Waals surface area contributed by atoms with Crippen LogP contribution in [-0.4, -0.2) is 16.4 Å². The van der Waals surface area contributed by atoms with Crippen LogP contribution in [0, 0.1) is 0 Å². The predicted molar refractivity (Wildman–Crippen MR) is 79.4 cm³/mol. The monoisotopic (exact) mass is 283 g/mol. The van der Waals surface area contributed by atoms with Gasteiger partial charge in [-0.2, -0.15) is 0 Å². The van der Waals surface area contributed by atoms with Gasteiger partial charge in [0, 0.05) is 16.0 Å². The average Bonchev–Trinajstić information content (AvgIpc) is 2.85. The van der Waals surface area contributed by atoms with Gasteiger partial charge in [0.05, 0.1) is 5.25 Å². The first-order valence-electron chi connectivity index (χ1n) is 6.37. The van der Waals surface area contributed by atoms with Crippen LogP contribution in [0.5, 0.6) is 0 Å². The largest absolute Gasteiger partial charge is 0.325 e. The Labute approximate surface area is 117 Å². The minimum absolute atomic E-state index is 0.00350. The lowest BCUT2D eigenvalue weighted by Gasteiger charge is -2.16. The van der Waals surface area contributed by atoms with E-state index < -0.39 is 0 Å². The summed E-state index contributed by atoms with van der Waals surface area (Å²) in [6, 6.07) is 7.22. The molecule has 0 aliphatic heterocycles. The van der Waals surface area contributed by atoms with Gasteiger partial charge in [0.15, 0.2) is 0 Å². The average molecular weight is 284 g/mol. The van der Waals surface area contributed by atoms with Crippen molar-refractivity contribution in [3.05, 3.63) is 29.3 Å². The van der Waals surface area contributed by atoms with Gasteiger partial charge in [0.2, 0.25) is 5.91 Å². The molecule has 1 aromatic carbocycles. The van der Waals surface area contributed by atoms with E-state index in [0.717, 1.165) is 5.69 Å². The Balaban J connectivity index is 1.84. The van der Waals surface area contributed by atoms with Crippen LogP contribution in [0.25, 0.3) is 0 Å². The molecular weight excluding hydrogens is 266 g/mol. The smallest absolute Gasteiger partial charge is 0.237 e. The highest BCUT2D eigenvalue weighted by Crippen LogP contribution is 2.32. The minimum Gasteiger partial charge on any atom is -0.325 e. The van der Waals surface area contributed by atoms with Crippen molar-refractivity contribution in [2.45, 2.75) is 43.1 Å². The number of rotatable bonds is 4. The van der Waals surface area contributed by atoms with E-state index in [0.29, 0.717) is 10.3 Å². The normalized spacial score (nSPS) is 17.7. The zero-order valence-electron chi connectivity index (χ0n) is 10.5. The van der Waals surface area contributed by atoms with E-state index in [1.54, 1.807) is 23.9 Å². The van der Waals surface area contributed by atoms with Crippen LogP contribution >= 0.6 is 23.4 Å². The molecule has 0 radical (unpaired) electrons. The van der Waals surface area contributed by atoms with Crippen LogP contribution in [0.3, 0.4) is 0 Å². The van der Waals surface area contributed by atoms with Crippen LogP contribution in [0.1, 0.15) is 32.6 Å². The highest BCUT2D eigenvalue weighted by Gasteiger charge is 2.22. The molecule has 1 amide bonds. The van der Waals surface area contributed by atoms with Crippen LogP contribution < -0.4 is 5.32 Å². The molecule has 98 valence electrons. The van der Waals surface area contributed by atoms with E-state index in [1.807, 2.05) is 19.1 Å². The second-order valence-electron chi connectivity index (χ2n) is 4.68. The number of amides is 1. The van der Waals surface area contributed by atoms with E-state index in [9.17, 15) is 4.79 Å². The summed E-state index contributed by atoms with van der Waals surface area (Å²) in [5.74, 6) is 0.0780. The molecule has 1 aliphatic rings. The summed E-state index contributed by atoms with van der Waals surface area (Å²) in [7, 11) is 0. The van der Waals surface area contributed by atoms with Crippen molar-refractivity contribution in [3.8, 4) is 0 Å². The number of hydrogen-bond acceptors (Lipinski definition) is 2. The molecule has 18 heavy (non-hydrogen) atoms. The Kier molecular flexibility index (Phi) is 4.95. The second kappa shape index (κ2) is 6.48. The van der Waals surface area contributed by atoms with Gasteiger partial charge in [0.25, 0.3) is 0 Å². The molecule has 4 heteroatoms. The van der Waals surface area contributed by atoms with Crippen LogP contribution in [0.2, 0.25) is 5.02 Å². The topological polar surface area (TPSA) is 29.1 Å². The van der Waals surface area contributed by atoms with E-state index in [4.69, 9.17) is 11.6 Å². The highest BCUT2D eigenvalue weighted by atomic mass is 35.5. The third kappa shape index (κ3) is 3.92. The molecule has 0 unspecified atom stereocenters. The van der Waals surface area contributed by atoms with Gasteiger partial charge >= 0.3 is 0 Å². The molecule has 0 saturated heterocycles. The number of anilines is 1. The Morgan fingerprint density at radius 2 is 1.94 bits per heavy atom. The van der Waals surface area contributed by atoms with Gasteiger partial charge in [-0.15, -0.1) is 11.8 Å². The fourth-order valence-corrected chi connectivity index (χ4v) is 3.64. The van der Waals surface area contributed by atoms with Gasteiger partial charge < -0.3 is 5.32 Å². The van der Waals surface area contributed by atoms with Crippen molar-refractivity contribution in [2.75, 3.05) is 5.32 Å². The van der Waals surface area contributed by atoms with Gasteiger partial charge in [-0.1, -0.05) is 24.4 Å². The summed E-state index contributed by atoms with van der Waals surface area (Å²) in [6.07, 6.45) is 5.12. The Bertz CT molecular complexity index is 401. The van der Waals surface area contributed by atoms with E-state index >= 15 is 0 Å². The lowest BCUT2D eigenvalue weighted by molar-refractivity contribution is -0.115. The van der Waals surface area contributed by atoms with Crippen molar-refractivity contribution in [1.29, 1.82) is 0 Å². The molecule has 2 rings (SSSR count). The molecule has 1 N–H and O–H groups in total. The molecule has 0 bridgehead atoms. The molecule has 1 aliphatic carbocycles. The maximum atomic E-state index is 12.0. The molecule has 1 fully saturated rings. The highest BCUT2D eigenvalue weighted by molar-refractivity contribution is 8.01. The van der Waals surface area contributed by atoms with Crippen molar-refractivity contribution < 1.29 is 4.79 Å². The van der Waals surface area contributed by atoms with Gasteiger partial charge in [-0.3, -0.25) is 4.79 Å². The lowest BCUT2D eigenvalue weighted by Crippen LogP contribution is -2.24. The minimum atomic E-state index is 0.00350. The third-order valence-corrected chi connectivity index (χ3v) is 4.91. The number of nitrogens with one attached hydrogen (secondary N) is 1. The third-order valence-electron chi connectivity index (χ3n) is 3.18. The van der Waals surface area contributed by atoms with E-state index in [-0.39, 0.29) is 11.2 Å². The summed E-state index contributed by atoms with van der Waals surface area (Å²) < 4.78 is 0. The maximum Gasteiger partial charge on any atom is 0.237 e. The number of carbonyl (C=O) groups is 1. The number of halogens is 1. The van der Waals surface area contributed by atoms with E-state index in [1.165, 1.54) is 25.7 Å². The first kappa shape index (κ1) is 13.8. The molecule has 0 aromatic heterocycles. The first-order valence-corrected chi connectivity index (χ1v) is 7.69. The van der Waals surface area contributed by atoms with Gasteiger partial charge in [0.1, 0.15) is 0 Å². The summed E-state index contributed by atoms with van der Waals surface area (Å²) in [5, 5.41) is 4.27. The van der Waals surface area contributed by atoms with Gasteiger partial charge in [-0.05, 0) is 44.0 Å². The van der Waals surface area contributed by atoms with Crippen molar-refractivity contribution in [3.63, 3.8) is 0 Å². The fraction of sp³-hybridized carbons (Fsp3) is 0.500. The van der Waals surface area contributed by atoms with Gasteiger partial charge in [-0.25, -0.2) is 0 Å². The number of benzene rings is 1. The zero-order valence-corrected chi connectivity index (χ0v) is 12.1. The standard InChI is InChI=1S/C14H18ClNOS/c1-10(18-13-4-2-3-5-13)14(17)16-12-8-6-11(15)7-9-12/h6-10,13H,2-5H2,1H3,(H,16,17)/t10-/m1/s1. The zero-order chi connectivity index (χ0) is 13.0. The molecular formula is C14H18ClNOS. The van der Waals surface area contributed by atoms with Crippen molar-refractivity contribution in [1.82, 2.24) is 0 Å². The Morgan fingerprint density at radius 3 is 2.56 bits per heavy atom. The first-order chi connectivity index (χ1) is 8.65. The number of thioether (sulfide) groups is 1. The predicted octanol–water partition coefficient (Wildman–Crippen LogP) is 4.34. The van der Waals surface area contributed by atoms with E-state index in [2.05, 4.69) is 5.32 Å². The molecule has 0 spiro atoms.